The van der Waals surface area contributed by atoms with E-state index in [0.717, 1.165) is 5.56 Å². The highest BCUT2D eigenvalue weighted by molar-refractivity contribution is 5.88. The summed E-state index contributed by atoms with van der Waals surface area (Å²) in [6.07, 6.45) is -0.598. The van der Waals surface area contributed by atoms with Crippen LogP contribution in [0.15, 0.2) is 42.5 Å². The first kappa shape index (κ1) is 20.1. The molecule has 1 amide bonds. The van der Waals surface area contributed by atoms with Gasteiger partial charge in [0.05, 0.1) is 6.54 Å². The van der Waals surface area contributed by atoms with Crippen molar-refractivity contribution in [3.8, 4) is 17.6 Å². The maximum absolute atomic E-state index is 13.9. The number of nitriles is 1. The molecule has 0 radical (unpaired) electrons. The lowest BCUT2D eigenvalue weighted by Gasteiger charge is -2.23. The molecule has 30 heavy (non-hydrogen) atoms. The summed E-state index contributed by atoms with van der Waals surface area (Å²) in [4.78, 5) is 12.9. The number of benzene rings is 2. The predicted octanol–water partition coefficient (Wildman–Crippen LogP) is 2.73. The molecule has 0 bridgehead atoms. The normalized spacial score (nSPS) is 23.9. The van der Waals surface area contributed by atoms with E-state index in [0.29, 0.717) is 17.1 Å². The van der Waals surface area contributed by atoms with Gasteiger partial charge in [-0.3, -0.25) is 4.79 Å². The third kappa shape index (κ3) is 3.68. The van der Waals surface area contributed by atoms with Gasteiger partial charge in [-0.25, -0.2) is 8.78 Å². The lowest BCUT2D eigenvalue weighted by Crippen LogP contribution is -2.49. The number of nitrogens with one attached hydrogen (secondary N) is 2. The Kier molecular flexibility index (Phi) is 5.31. The van der Waals surface area contributed by atoms with E-state index in [-0.39, 0.29) is 18.7 Å². The number of hydrogen-bond donors (Lipinski definition) is 2. The van der Waals surface area contributed by atoms with Gasteiger partial charge >= 0.3 is 0 Å². The van der Waals surface area contributed by atoms with Crippen LogP contribution < -0.4 is 20.1 Å². The molecule has 3 atom stereocenters. The summed E-state index contributed by atoms with van der Waals surface area (Å²) < 4.78 is 39.5. The fourth-order valence-corrected chi connectivity index (χ4v) is 3.88. The van der Waals surface area contributed by atoms with Crippen molar-refractivity contribution in [1.82, 2.24) is 10.6 Å². The topological polar surface area (TPSA) is 83.4 Å². The summed E-state index contributed by atoms with van der Waals surface area (Å²) in [7, 11) is 0. The van der Waals surface area contributed by atoms with Crippen molar-refractivity contribution in [3.05, 3.63) is 59.2 Å². The molecule has 156 valence electrons. The number of carbonyl (C=O) groups excluding carboxylic acids is 1. The molecule has 0 aliphatic carbocycles. The second-order valence-electron chi connectivity index (χ2n) is 7.49. The maximum atomic E-state index is 13.9. The van der Waals surface area contributed by atoms with Gasteiger partial charge in [0.15, 0.2) is 0 Å². The third-order valence-electron chi connectivity index (χ3n) is 5.43. The van der Waals surface area contributed by atoms with Crippen molar-refractivity contribution in [3.63, 3.8) is 0 Å². The molecule has 3 unspecified atom stereocenters. The van der Waals surface area contributed by atoms with E-state index in [9.17, 15) is 18.8 Å². The molecular formula is C22H21F2N3O3. The quantitative estimate of drug-likeness (QED) is 0.788. The summed E-state index contributed by atoms with van der Waals surface area (Å²) in [6.45, 7) is 1.44. The molecule has 2 aliphatic rings. The summed E-state index contributed by atoms with van der Waals surface area (Å²) >= 11 is 0. The van der Waals surface area contributed by atoms with Crippen LogP contribution in [0.4, 0.5) is 8.78 Å². The van der Waals surface area contributed by atoms with Crippen molar-refractivity contribution in [2.45, 2.75) is 37.5 Å². The van der Waals surface area contributed by atoms with E-state index >= 15 is 0 Å². The van der Waals surface area contributed by atoms with E-state index in [1.165, 1.54) is 0 Å². The summed E-state index contributed by atoms with van der Waals surface area (Å²) in [6, 6.07) is 13.5. The van der Waals surface area contributed by atoms with Crippen molar-refractivity contribution in [2.24, 2.45) is 0 Å². The van der Waals surface area contributed by atoms with Gasteiger partial charge in [0.1, 0.15) is 47.8 Å². The van der Waals surface area contributed by atoms with Crippen LogP contribution >= 0.6 is 0 Å². The number of ether oxygens (including phenoxy) is 2. The van der Waals surface area contributed by atoms with Crippen LogP contribution in [0.25, 0.3) is 0 Å². The van der Waals surface area contributed by atoms with Crippen molar-refractivity contribution < 1.29 is 23.0 Å². The predicted molar refractivity (Wildman–Crippen MR) is 105 cm³/mol. The highest BCUT2D eigenvalue weighted by Gasteiger charge is 2.47. The van der Waals surface area contributed by atoms with E-state index in [4.69, 9.17) is 9.47 Å². The van der Waals surface area contributed by atoms with Crippen LogP contribution in [-0.2, 0) is 11.4 Å². The number of halogens is 2. The first-order valence-corrected chi connectivity index (χ1v) is 9.70. The van der Waals surface area contributed by atoms with Gasteiger partial charge in [-0.05, 0) is 24.6 Å². The van der Waals surface area contributed by atoms with Crippen LogP contribution in [-0.4, -0.2) is 37.1 Å². The molecule has 2 aromatic rings. The summed E-state index contributed by atoms with van der Waals surface area (Å²) in [5.74, 6) is -3.79. The van der Waals surface area contributed by atoms with E-state index < -0.39 is 36.4 Å². The van der Waals surface area contributed by atoms with Gasteiger partial charge in [0, 0.05) is 12.1 Å². The molecule has 2 aromatic carbocycles. The molecule has 1 saturated heterocycles. The Hall–Kier alpha value is -3.18. The number of nitrogens with zero attached hydrogens (tertiary/aromatic N) is 1. The van der Waals surface area contributed by atoms with Crippen LogP contribution in [0, 0.1) is 11.3 Å². The molecule has 4 rings (SSSR count). The Morgan fingerprint density at radius 1 is 1.33 bits per heavy atom. The van der Waals surface area contributed by atoms with Gasteiger partial charge in [-0.15, -0.1) is 0 Å². The Balaban J connectivity index is 1.60. The Bertz CT molecular complexity index is 991. The highest BCUT2D eigenvalue weighted by atomic mass is 19.3. The zero-order chi connectivity index (χ0) is 21.3. The molecule has 2 heterocycles. The second kappa shape index (κ2) is 7.92. The molecule has 0 aromatic heterocycles. The molecule has 8 heteroatoms. The van der Waals surface area contributed by atoms with Crippen molar-refractivity contribution in [2.75, 3.05) is 13.1 Å². The minimum atomic E-state index is -3.03. The van der Waals surface area contributed by atoms with Crippen molar-refractivity contribution in [1.29, 1.82) is 5.26 Å². The zero-order valence-electron chi connectivity index (χ0n) is 16.3. The number of amides is 1. The summed E-state index contributed by atoms with van der Waals surface area (Å²) in [5.41, 5.74) is 1.49. The first-order chi connectivity index (χ1) is 14.4. The van der Waals surface area contributed by atoms with Crippen molar-refractivity contribution >= 4 is 5.91 Å². The van der Waals surface area contributed by atoms with Crippen LogP contribution in [0.1, 0.15) is 29.5 Å². The Labute approximate surface area is 172 Å². The molecule has 1 fully saturated rings. The van der Waals surface area contributed by atoms with E-state index in [1.54, 1.807) is 19.1 Å². The Morgan fingerprint density at radius 2 is 2.10 bits per heavy atom. The van der Waals surface area contributed by atoms with Crippen LogP contribution in [0.3, 0.4) is 0 Å². The smallest absolute Gasteiger partial charge is 0.281 e. The first-order valence-electron chi connectivity index (χ1n) is 9.70. The number of alkyl halides is 2. The third-order valence-corrected chi connectivity index (χ3v) is 5.43. The largest absolute Gasteiger partial charge is 0.489 e. The number of rotatable bonds is 5. The average molecular weight is 413 g/mol. The van der Waals surface area contributed by atoms with Gasteiger partial charge < -0.3 is 20.1 Å². The summed E-state index contributed by atoms with van der Waals surface area (Å²) in [5, 5.41) is 14.8. The number of carbonyl (C=O) groups is 1. The molecule has 2 N–H and O–H groups in total. The maximum Gasteiger partial charge on any atom is 0.281 e. The molecular weight excluding hydrogens is 392 g/mol. The fraction of sp³-hybridized carbons (Fsp3) is 0.364. The lowest BCUT2D eigenvalue weighted by molar-refractivity contribution is -0.126. The van der Waals surface area contributed by atoms with Gasteiger partial charge in [0.25, 0.3) is 5.92 Å². The standard InChI is InChI=1S/C22H21F2N3O3/c1-13-19(21(28)27-18-10-26-12-22(18,23)24)20-15(9-25)16(7-8-17(20)30-13)29-11-14-5-3-2-4-6-14/h2-8,13,18-19,26H,10-12H2,1H3,(H,27,28). The second-order valence-corrected chi connectivity index (χ2v) is 7.49. The highest BCUT2D eigenvalue weighted by Crippen LogP contribution is 2.44. The molecule has 2 aliphatic heterocycles. The fourth-order valence-electron chi connectivity index (χ4n) is 3.88. The van der Waals surface area contributed by atoms with E-state index in [2.05, 4.69) is 16.7 Å². The van der Waals surface area contributed by atoms with Gasteiger partial charge in [-0.2, -0.15) is 5.26 Å². The SMILES string of the molecule is CC1Oc2ccc(OCc3ccccc3)c(C#N)c2C1C(=O)NC1CNCC1(F)F. The monoisotopic (exact) mass is 413 g/mol. The van der Waals surface area contributed by atoms with Crippen LogP contribution in [0.2, 0.25) is 0 Å². The Morgan fingerprint density at radius 3 is 2.77 bits per heavy atom. The van der Waals surface area contributed by atoms with Crippen LogP contribution in [0.5, 0.6) is 11.5 Å². The molecule has 6 nitrogen and oxygen atoms in total. The minimum Gasteiger partial charge on any atom is -0.489 e. The lowest BCUT2D eigenvalue weighted by atomic mass is 9.90. The number of fused-ring (bicyclic) bond motifs is 1. The van der Waals surface area contributed by atoms with Gasteiger partial charge in [-0.1, -0.05) is 30.3 Å². The van der Waals surface area contributed by atoms with Gasteiger partial charge in [0.2, 0.25) is 5.91 Å². The minimum absolute atomic E-state index is 0.0150. The molecule has 0 saturated carbocycles. The molecule has 0 spiro atoms. The number of hydrogen-bond acceptors (Lipinski definition) is 5. The zero-order valence-corrected chi connectivity index (χ0v) is 16.3. The average Bonchev–Trinajstić information content (AvgIpc) is 3.24. The van der Waals surface area contributed by atoms with E-state index in [1.807, 2.05) is 30.3 Å².